The summed E-state index contributed by atoms with van der Waals surface area (Å²) in [5.74, 6) is -0.188. The maximum Gasteiger partial charge on any atom is 0.419 e. The molecule has 0 aromatic heterocycles. The van der Waals surface area contributed by atoms with E-state index < -0.39 is 11.7 Å². The van der Waals surface area contributed by atoms with E-state index in [-0.39, 0.29) is 5.75 Å². The molecule has 0 bridgehead atoms. The van der Waals surface area contributed by atoms with Gasteiger partial charge in [0.1, 0.15) is 5.75 Å². The Bertz CT molecular complexity index is 576. The summed E-state index contributed by atoms with van der Waals surface area (Å²) in [6.07, 6.45) is -4.45. The minimum Gasteiger partial charge on any atom is -0.496 e. The van der Waals surface area contributed by atoms with E-state index in [2.05, 4.69) is 0 Å². The third kappa shape index (κ3) is 2.81. The number of benzene rings is 2. The normalized spacial score (nSPS) is 11.4. The van der Waals surface area contributed by atoms with Gasteiger partial charge in [-0.3, -0.25) is 0 Å². The maximum absolute atomic E-state index is 12.9. The Kier molecular flexibility index (Phi) is 3.38. The van der Waals surface area contributed by atoms with Crippen LogP contribution in [0.15, 0.2) is 42.5 Å². The second-order valence-corrected chi connectivity index (χ2v) is 4.03. The number of hydrogen-bond donors (Lipinski definition) is 1. The Balaban J connectivity index is 2.52. The van der Waals surface area contributed by atoms with Crippen molar-refractivity contribution in [3.05, 3.63) is 48.0 Å². The van der Waals surface area contributed by atoms with Gasteiger partial charge >= 0.3 is 6.18 Å². The van der Waals surface area contributed by atoms with E-state index in [1.54, 1.807) is 30.3 Å². The first kappa shape index (κ1) is 13.3. The molecule has 0 radical (unpaired) electrons. The molecule has 0 saturated heterocycles. The number of rotatable bonds is 2. The summed E-state index contributed by atoms with van der Waals surface area (Å²) < 4.78 is 43.4. The smallest absolute Gasteiger partial charge is 0.419 e. The topological polar surface area (TPSA) is 35.2 Å². The number of ether oxygens (including phenoxy) is 1. The summed E-state index contributed by atoms with van der Waals surface area (Å²) in [5, 5.41) is 0. The molecule has 0 aliphatic heterocycles. The summed E-state index contributed by atoms with van der Waals surface area (Å²) in [4.78, 5) is 0. The van der Waals surface area contributed by atoms with Gasteiger partial charge in [0.25, 0.3) is 0 Å². The summed E-state index contributed by atoms with van der Waals surface area (Å²) in [7, 11) is 1.22. The van der Waals surface area contributed by atoms with Crippen LogP contribution in [-0.4, -0.2) is 7.11 Å². The van der Waals surface area contributed by atoms with Crippen molar-refractivity contribution in [1.82, 2.24) is 0 Å². The van der Waals surface area contributed by atoms with Crippen LogP contribution in [0.2, 0.25) is 0 Å². The molecule has 2 N–H and O–H groups in total. The van der Waals surface area contributed by atoms with Gasteiger partial charge in [-0.15, -0.1) is 0 Å². The lowest BCUT2D eigenvalue weighted by atomic mass is 10.0. The second-order valence-electron chi connectivity index (χ2n) is 4.03. The zero-order valence-electron chi connectivity index (χ0n) is 10.2. The highest BCUT2D eigenvalue weighted by Crippen LogP contribution is 2.38. The molecule has 5 heteroatoms. The first-order valence-corrected chi connectivity index (χ1v) is 5.53. The van der Waals surface area contributed by atoms with Gasteiger partial charge < -0.3 is 10.5 Å². The van der Waals surface area contributed by atoms with Crippen molar-refractivity contribution in [2.75, 3.05) is 12.8 Å². The fourth-order valence-electron chi connectivity index (χ4n) is 1.78. The van der Waals surface area contributed by atoms with Crippen molar-refractivity contribution < 1.29 is 17.9 Å². The van der Waals surface area contributed by atoms with E-state index >= 15 is 0 Å². The van der Waals surface area contributed by atoms with Crippen LogP contribution >= 0.6 is 0 Å². The minimum absolute atomic E-state index is 0.188. The highest BCUT2D eigenvalue weighted by Gasteiger charge is 2.34. The SMILES string of the molecule is COc1ccc(-c2ccc(N)cc2)cc1C(F)(F)F. The van der Waals surface area contributed by atoms with Crippen molar-refractivity contribution in [3.63, 3.8) is 0 Å². The summed E-state index contributed by atoms with van der Waals surface area (Å²) >= 11 is 0. The standard InChI is InChI=1S/C14H12F3NO/c1-19-13-7-4-10(8-12(13)14(15,16)17)9-2-5-11(18)6-3-9/h2-8H,18H2,1H3. The van der Waals surface area contributed by atoms with Gasteiger partial charge in [0, 0.05) is 5.69 Å². The monoisotopic (exact) mass is 267 g/mol. The van der Waals surface area contributed by atoms with Crippen molar-refractivity contribution in [2.45, 2.75) is 6.18 Å². The fraction of sp³-hybridized carbons (Fsp3) is 0.143. The van der Waals surface area contributed by atoms with Crippen molar-refractivity contribution in [2.24, 2.45) is 0 Å². The fourth-order valence-corrected chi connectivity index (χ4v) is 1.78. The lowest BCUT2D eigenvalue weighted by molar-refractivity contribution is -0.138. The van der Waals surface area contributed by atoms with Gasteiger partial charge in [-0.1, -0.05) is 18.2 Å². The third-order valence-electron chi connectivity index (χ3n) is 2.75. The second kappa shape index (κ2) is 4.84. The molecule has 0 heterocycles. The molecule has 2 nitrogen and oxygen atoms in total. The highest BCUT2D eigenvalue weighted by molar-refractivity contribution is 5.67. The van der Waals surface area contributed by atoms with Crippen molar-refractivity contribution in [3.8, 4) is 16.9 Å². The van der Waals surface area contributed by atoms with Gasteiger partial charge in [0.15, 0.2) is 0 Å². The average molecular weight is 267 g/mol. The number of methoxy groups -OCH3 is 1. The Morgan fingerprint density at radius 2 is 1.53 bits per heavy atom. The molecule has 2 aromatic rings. The molecular formula is C14H12F3NO. The summed E-state index contributed by atoms with van der Waals surface area (Å²) in [5.41, 5.74) is 6.46. The Hall–Kier alpha value is -2.17. The molecular weight excluding hydrogens is 255 g/mol. The number of anilines is 1. The number of hydrogen-bond acceptors (Lipinski definition) is 2. The number of alkyl halides is 3. The average Bonchev–Trinajstić information content (AvgIpc) is 2.38. The van der Waals surface area contributed by atoms with Gasteiger partial charge in [-0.05, 0) is 35.4 Å². The van der Waals surface area contributed by atoms with Crippen LogP contribution in [0.3, 0.4) is 0 Å². The lowest BCUT2D eigenvalue weighted by Crippen LogP contribution is -2.07. The van der Waals surface area contributed by atoms with Gasteiger partial charge in [0.2, 0.25) is 0 Å². The number of halogens is 3. The molecule has 0 amide bonds. The molecule has 19 heavy (non-hydrogen) atoms. The van der Waals surface area contributed by atoms with Gasteiger partial charge in [-0.2, -0.15) is 13.2 Å². The van der Waals surface area contributed by atoms with Crippen molar-refractivity contribution >= 4 is 5.69 Å². The Labute approximate surface area is 108 Å². The molecule has 0 atom stereocenters. The lowest BCUT2D eigenvalue weighted by Gasteiger charge is -2.13. The maximum atomic E-state index is 12.9. The molecule has 0 spiro atoms. The predicted molar refractivity (Wildman–Crippen MR) is 67.8 cm³/mol. The third-order valence-corrected chi connectivity index (χ3v) is 2.75. The van der Waals surface area contributed by atoms with Crippen LogP contribution in [0, 0.1) is 0 Å². The molecule has 0 saturated carbocycles. The number of nitrogens with two attached hydrogens (primary N) is 1. The first-order valence-electron chi connectivity index (χ1n) is 5.53. The van der Waals surface area contributed by atoms with E-state index in [0.29, 0.717) is 16.8 Å². The van der Waals surface area contributed by atoms with E-state index in [0.717, 1.165) is 6.07 Å². The largest absolute Gasteiger partial charge is 0.496 e. The molecule has 0 aliphatic carbocycles. The van der Waals surface area contributed by atoms with Gasteiger partial charge in [0.05, 0.1) is 12.7 Å². The Morgan fingerprint density at radius 1 is 0.947 bits per heavy atom. The van der Waals surface area contributed by atoms with Crippen molar-refractivity contribution in [1.29, 1.82) is 0 Å². The van der Waals surface area contributed by atoms with Gasteiger partial charge in [-0.25, -0.2) is 0 Å². The van der Waals surface area contributed by atoms with E-state index in [1.165, 1.54) is 13.2 Å². The first-order chi connectivity index (χ1) is 8.91. The minimum atomic E-state index is -4.45. The van der Waals surface area contributed by atoms with Crippen LogP contribution in [0.4, 0.5) is 18.9 Å². The zero-order valence-corrected chi connectivity index (χ0v) is 10.2. The molecule has 0 unspecified atom stereocenters. The molecule has 2 rings (SSSR count). The molecule has 0 aliphatic rings. The van der Waals surface area contributed by atoms with Crippen LogP contribution in [0.1, 0.15) is 5.56 Å². The number of nitrogen functional groups attached to an aromatic ring is 1. The summed E-state index contributed by atoms with van der Waals surface area (Å²) in [6, 6.07) is 10.6. The highest BCUT2D eigenvalue weighted by atomic mass is 19.4. The van der Waals surface area contributed by atoms with E-state index in [4.69, 9.17) is 10.5 Å². The van der Waals surface area contributed by atoms with Crippen LogP contribution < -0.4 is 10.5 Å². The summed E-state index contributed by atoms with van der Waals surface area (Å²) in [6.45, 7) is 0. The quantitative estimate of drug-likeness (QED) is 0.836. The van der Waals surface area contributed by atoms with Crippen LogP contribution in [-0.2, 0) is 6.18 Å². The molecule has 0 fully saturated rings. The van der Waals surface area contributed by atoms with E-state index in [9.17, 15) is 13.2 Å². The predicted octanol–water partition coefficient (Wildman–Crippen LogP) is 3.96. The van der Waals surface area contributed by atoms with Crippen LogP contribution in [0.25, 0.3) is 11.1 Å². The molecule has 2 aromatic carbocycles. The van der Waals surface area contributed by atoms with Crippen LogP contribution in [0.5, 0.6) is 5.75 Å². The van der Waals surface area contributed by atoms with E-state index in [1.807, 2.05) is 0 Å². The zero-order chi connectivity index (χ0) is 14.0. The molecule has 100 valence electrons. The Morgan fingerprint density at radius 3 is 2.05 bits per heavy atom.